The molecule has 0 saturated heterocycles. The first-order valence-electron chi connectivity index (χ1n) is 5.49. The van der Waals surface area contributed by atoms with Crippen molar-refractivity contribution in [1.82, 2.24) is 9.97 Å². The van der Waals surface area contributed by atoms with E-state index in [0.29, 0.717) is 11.5 Å². The maximum Gasteiger partial charge on any atom is 0.271 e. The predicted octanol–water partition coefficient (Wildman–Crippen LogP) is 1.84. The Morgan fingerprint density at radius 3 is 2.85 bits per heavy atom. The summed E-state index contributed by atoms with van der Waals surface area (Å²) in [6.07, 6.45) is 0.237. The highest BCUT2D eigenvalue weighted by molar-refractivity contribution is 6.28. The van der Waals surface area contributed by atoms with Crippen molar-refractivity contribution in [3.8, 4) is 0 Å². The molecular weight excluding hydrogens is 286 g/mol. The highest BCUT2D eigenvalue weighted by atomic mass is 35.5. The summed E-state index contributed by atoms with van der Waals surface area (Å²) in [5, 5.41) is 25.7. The van der Waals surface area contributed by atoms with Gasteiger partial charge in [0.25, 0.3) is 5.69 Å². The van der Waals surface area contributed by atoms with Crippen molar-refractivity contribution in [2.45, 2.75) is 6.35 Å². The summed E-state index contributed by atoms with van der Waals surface area (Å²) >= 11 is 5.60. The second-order valence-corrected chi connectivity index (χ2v) is 4.05. The normalized spacial score (nSPS) is 11.7. The Bertz CT molecular complexity index is 625. The van der Waals surface area contributed by atoms with Gasteiger partial charge in [-0.2, -0.15) is 0 Å². The molecule has 1 heterocycles. The Morgan fingerprint density at radius 2 is 2.15 bits per heavy atom. The van der Waals surface area contributed by atoms with Crippen LogP contribution in [-0.2, 0) is 0 Å². The van der Waals surface area contributed by atoms with Crippen molar-refractivity contribution in [2.75, 3.05) is 10.6 Å². The molecule has 0 aliphatic rings. The van der Waals surface area contributed by atoms with Crippen molar-refractivity contribution < 1.29 is 10.0 Å². The Morgan fingerprint density at radius 1 is 1.35 bits per heavy atom. The Labute approximate surface area is 118 Å². The zero-order chi connectivity index (χ0) is 14.5. The molecule has 1 aromatic carbocycles. The average molecular weight is 296 g/mol. The fourth-order valence-corrected chi connectivity index (χ4v) is 1.61. The number of nitro groups is 1. The topological polar surface area (TPSA) is 113 Å². The third-order valence-electron chi connectivity index (χ3n) is 2.27. The zero-order valence-corrected chi connectivity index (χ0v) is 10.8. The maximum absolute atomic E-state index is 10.6. The van der Waals surface area contributed by atoms with Crippen molar-refractivity contribution in [1.29, 1.82) is 0 Å². The van der Waals surface area contributed by atoms with E-state index in [1.54, 1.807) is 6.07 Å². The largest absolute Gasteiger partial charge is 0.357 e. The van der Waals surface area contributed by atoms with Gasteiger partial charge in [-0.15, -0.1) is 0 Å². The smallest absolute Gasteiger partial charge is 0.271 e. The van der Waals surface area contributed by atoms with Gasteiger partial charge in [0.05, 0.1) is 4.92 Å². The van der Waals surface area contributed by atoms with Crippen molar-refractivity contribution in [3.05, 3.63) is 51.9 Å². The zero-order valence-electron chi connectivity index (χ0n) is 10.0. The van der Waals surface area contributed by atoms with E-state index >= 15 is 0 Å². The van der Waals surface area contributed by atoms with Crippen LogP contribution in [0.25, 0.3) is 0 Å². The van der Waals surface area contributed by atoms with E-state index in [1.165, 1.54) is 30.5 Å². The molecular formula is C11H10ClN5O3. The van der Waals surface area contributed by atoms with Gasteiger partial charge in [0.2, 0.25) is 11.6 Å². The number of aliphatic hydroxyl groups is 1. The molecule has 0 bridgehead atoms. The second-order valence-electron chi connectivity index (χ2n) is 3.71. The minimum Gasteiger partial charge on any atom is -0.357 e. The molecule has 104 valence electrons. The minimum absolute atomic E-state index is 0.0394. The SMILES string of the molecule is O=[N+]([O-])c1cccc(NC(O)Nc2ccnc(Cl)n2)c1. The molecule has 0 amide bonds. The van der Waals surface area contributed by atoms with Crippen molar-refractivity contribution in [2.24, 2.45) is 0 Å². The fourth-order valence-electron chi connectivity index (χ4n) is 1.46. The van der Waals surface area contributed by atoms with Crippen LogP contribution < -0.4 is 10.6 Å². The van der Waals surface area contributed by atoms with Crippen LogP contribution in [-0.4, -0.2) is 26.3 Å². The summed E-state index contributed by atoms with van der Waals surface area (Å²) in [5.41, 5.74) is 0.312. The molecule has 2 rings (SSSR count). The highest BCUT2D eigenvalue weighted by Crippen LogP contribution is 2.17. The van der Waals surface area contributed by atoms with Crippen LogP contribution >= 0.6 is 11.6 Å². The number of nitro benzene ring substituents is 1. The van der Waals surface area contributed by atoms with Crippen molar-refractivity contribution >= 4 is 28.8 Å². The van der Waals surface area contributed by atoms with Crippen LogP contribution in [0.15, 0.2) is 36.5 Å². The van der Waals surface area contributed by atoms with E-state index < -0.39 is 11.3 Å². The van der Waals surface area contributed by atoms with Gasteiger partial charge >= 0.3 is 0 Å². The first-order chi connectivity index (χ1) is 9.54. The molecule has 2 aromatic rings. The molecule has 0 aliphatic carbocycles. The third-order valence-corrected chi connectivity index (χ3v) is 2.45. The molecule has 1 atom stereocenters. The number of non-ortho nitro benzene ring substituents is 1. The number of hydrogen-bond acceptors (Lipinski definition) is 7. The first-order valence-corrected chi connectivity index (χ1v) is 5.86. The van der Waals surface area contributed by atoms with Gasteiger partial charge in [-0.25, -0.2) is 9.97 Å². The van der Waals surface area contributed by atoms with E-state index in [0.717, 1.165) is 0 Å². The number of aliphatic hydroxyl groups excluding tert-OH is 1. The lowest BCUT2D eigenvalue weighted by molar-refractivity contribution is -0.384. The number of hydrogen-bond donors (Lipinski definition) is 3. The molecule has 1 unspecified atom stereocenters. The summed E-state index contributed by atoms with van der Waals surface area (Å²) in [5.74, 6) is 0.315. The molecule has 0 spiro atoms. The lowest BCUT2D eigenvalue weighted by Crippen LogP contribution is -2.28. The molecule has 9 heteroatoms. The fraction of sp³-hybridized carbons (Fsp3) is 0.0909. The van der Waals surface area contributed by atoms with E-state index in [4.69, 9.17) is 11.6 Å². The van der Waals surface area contributed by atoms with E-state index in [-0.39, 0.29) is 11.0 Å². The third kappa shape index (κ3) is 3.77. The minimum atomic E-state index is -1.19. The summed E-state index contributed by atoms with van der Waals surface area (Å²) in [4.78, 5) is 17.7. The van der Waals surface area contributed by atoms with E-state index in [9.17, 15) is 15.2 Å². The second kappa shape index (κ2) is 6.13. The van der Waals surface area contributed by atoms with Crippen LogP contribution in [0, 0.1) is 10.1 Å². The Hall–Kier alpha value is -2.45. The Kier molecular flexibility index (Phi) is 4.28. The van der Waals surface area contributed by atoms with Gasteiger partial charge < -0.3 is 15.7 Å². The number of nitrogens with one attached hydrogen (secondary N) is 2. The van der Waals surface area contributed by atoms with Crippen LogP contribution in [0.4, 0.5) is 17.2 Å². The van der Waals surface area contributed by atoms with Gasteiger partial charge in [0, 0.05) is 24.0 Å². The summed E-state index contributed by atoms with van der Waals surface area (Å²) in [6.45, 7) is 0. The highest BCUT2D eigenvalue weighted by Gasteiger charge is 2.09. The quantitative estimate of drug-likeness (QED) is 0.334. The summed E-state index contributed by atoms with van der Waals surface area (Å²) in [7, 11) is 0. The Balaban J connectivity index is 2.02. The standard InChI is InChI=1S/C11H10ClN5O3/c12-10-13-5-4-9(15-10)16-11(18)14-7-2-1-3-8(6-7)17(19)20/h1-6,11,14,18H,(H,13,15,16). The number of benzene rings is 1. The predicted molar refractivity (Wildman–Crippen MR) is 73.4 cm³/mol. The van der Waals surface area contributed by atoms with Gasteiger partial charge in [-0.05, 0) is 23.7 Å². The lowest BCUT2D eigenvalue weighted by atomic mass is 10.3. The molecule has 0 radical (unpaired) electrons. The van der Waals surface area contributed by atoms with Gasteiger partial charge in [0.15, 0.2) is 0 Å². The molecule has 8 nitrogen and oxygen atoms in total. The van der Waals surface area contributed by atoms with Gasteiger partial charge in [0.1, 0.15) is 5.82 Å². The molecule has 1 aromatic heterocycles. The average Bonchev–Trinajstić information content (AvgIpc) is 2.38. The van der Waals surface area contributed by atoms with Crippen LogP contribution in [0.3, 0.4) is 0 Å². The molecule has 3 N–H and O–H groups in total. The summed E-state index contributed by atoms with van der Waals surface area (Å²) in [6, 6.07) is 7.27. The van der Waals surface area contributed by atoms with Crippen LogP contribution in [0.1, 0.15) is 0 Å². The number of rotatable bonds is 5. The van der Waals surface area contributed by atoms with Gasteiger partial charge in [-0.1, -0.05) is 6.07 Å². The molecule has 20 heavy (non-hydrogen) atoms. The number of anilines is 2. The molecule has 0 fully saturated rings. The first kappa shape index (κ1) is 14.0. The number of aromatic nitrogens is 2. The van der Waals surface area contributed by atoms with Gasteiger partial charge in [-0.3, -0.25) is 10.1 Å². The van der Waals surface area contributed by atoms with Crippen LogP contribution in [0.2, 0.25) is 5.28 Å². The summed E-state index contributed by atoms with van der Waals surface area (Å²) < 4.78 is 0. The lowest BCUT2D eigenvalue weighted by Gasteiger charge is -2.15. The van der Waals surface area contributed by atoms with Crippen LogP contribution in [0.5, 0.6) is 0 Å². The number of nitrogens with zero attached hydrogens (tertiary/aromatic N) is 3. The van der Waals surface area contributed by atoms with Crippen molar-refractivity contribution in [3.63, 3.8) is 0 Å². The molecule has 0 aliphatic heterocycles. The maximum atomic E-state index is 10.6. The van der Waals surface area contributed by atoms with E-state index in [1.807, 2.05) is 0 Å². The number of halogens is 1. The monoisotopic (exact) mass is 295 g/mol. The molecule has 0 saturated carbocycles. The van der Waals surface area contributed by atoms with E-state index in [2.05, 4.69) is 20.6 Å².